The Morgan fingerprint density at radius 2 is 0.420 bits per heavy atom. The summed E-state index contributed by atoms with van der Waals surface area (Å²) in [5.41, 5.74) is 0. The van der Waals surface area contributed by atoms with Gasteiger partial charge in [-0.05, 0) is 116 Å². The first-order valence-electron chi connectivity index (χ1n) is 29.9. The predicted molar refractivity (Wildman–Crippen MR) is 297 cm³/mol. The zero-order chi connectivity index (χ0) is 51.6. The molecule has 0 saturated heterocycles. The van der Waals surface area contributed by atoms with Gasteiger partial charge in [-0.25, -0.2) is 0 Å². The van der Waals surface area contributed by atoms with Crippen molar-refractivity contribution in [2.24, 2.45) is 0 Å². The van der Waals surface area contributed by atoms with E-state index in [0.717, 1.165) is 57.8 Å². The fourth-order valence-corrected chi connectivity index (χ4v) is 8.64. The van der Waals surface area contributed by atoms with Crippen LogP contribution in [0, 0.1) is 0 Å². The van der Waals surface area contributed by atoms with E-state index in [4.69, 9.17) is 0 Å². The topological polar surface area (TPSA) is 120 Å². The van der Waals surface area contributed by atoms with Crippen LogP contribution in [0.5, 0.6) is 0 Å². The number of hydrogen-bond donors (Lipinski definition) is 0. The molecule has 0 heterocycles. The summed E-state index contributed by atoms with van der Waals surface area (Å²) in [5, 5.41) is 30.6. The molecule has 0 aliphatic rings. The number of carboxylic acids is 3. The fraction of sp³-hybridized carbons (Fsp3) is 0.855. The van der Waals surface area contributed by atoms with Crippen LogP contribution in [0.4, 0.5) is 0 Å². The van der Waals surface area contributed by atoms with E-state index in [1.807, 2.05) is 0 Å². The van der Waals surface area contributed by atoms with Crippen LogP contribution in [-0.4, -0.2) is 40.4 Å². The van der Waals surface area contributed by atoms with Crippen LogP contribution in [0.1, 0.15) is 336 Å². The molecule has 0 aliphatic carbocycles. The molecule has 404 valence electrons. The van der Waals surface area contributed by atoms with Gasteiger partial charge in [0.25, 0.3) is 0 Å². The maximum atomic E-state index is 10.2. The van der Waals surface area contributed by atoms with E-state index in [1.165, 1.54) is 236 Å². The van der Waals surface area contributed by atoms with Crippen LogP contribution in [0.15, 0.2) is 36.5 Å². The summed E-state index contributed by atoms with van der Waals surface area (Å²) in [6, 6.07) is 0. The van der Waals surface area contributed by atoms with Crippen molar-refractivity contribution in [2.45, 2.75) is 340 Å². The van der Waals surface area contributed by atoms with Crippen molar-refractivity contribution in [1.82, 2.24) is 0 Å². The van der Waals surface area contributed by atoms with Gasteiger partial charge in [-0.2, -0.15) is 0 Å². The van der Waals surface area contributed by atoms with E-state index in [1.54, 1.807) is 22.5 Å². The number of carbonyl (C=O) groups is 3. The Morgan fingerprint density at radius 3 is 0.594 bits per heavy atom. The van der Waals surface area contributed by atoms with Crippen LogP contribution in [-0.2, 0) is 14.4 Å². The Labute approximate surface area is 444 Å². The molecule has 0 aromatic rings. The third-order valence-corrected chi connectivity index (χ3v) is 13.5. The monoisotopic (exact) mass is 1080 g/mol. The molecule has 0 bridgehead atoms. The number of unbranched alkanes of at least 4 members (excludes halogenated alkanes) is 38. The van der Waals surface area contributed by atoms with Crippen molar-refractivity contribution in [1.29, 1.82) is 0 Å². The Morgan fingerprint density at radius 1 is 0.261 bits per heavy atom. The standard InChI is InChI=1S/3C18H34O2.C8H17.Sn/c3*1-2-3-4-5-6-7-8-9-10-11-12-13-14-15-16-17-18(19)20;1-3-5-7-8-6-4-2;/h3*9-10H,2-8,11-17H2,1H3,(H,19,20);1,3-8H2,2H3;/q;;;;+3/p-3/b3*10-9-;;. The SMILES string of the molecule is CCCCCCCC/C=C\CCCCCCCC(=O)[O-].CCCCCCCC/C=C\CCCCCCCC(=O)[O-].CCCCCCCC/C=C\CCCCCCCC(=O)[O-].CCCCCCC[CH2][Sn+3]. The summed E-state index contributed by atoms with van der Waals surface area (Å²) < 4.78 is 1.46. The number of carbonyl (C=O) groups excluding carboxylic acids is 3. The predicted octanol–water partition coefficient (Wildman–Crippen LogP) is 17.3. The molecule has 0 fully saturated rings. The van der Waals surface area contributed by atoms with Gasteiger partial charge in [-0.3, -0.25) is 0 Å². The Hall–Kier alpha value is -1.57. The second-order valence-corrected chi connectivity index (χ2v) is 21.1. The molecule has 0 radical (unpaired) electrons. The molecule has 0 aromatic carbocycles. The van der Waals surface area contributed by atoms with Gasteiger partial charge in [-0.15, -0.1) is 0 Å². The van der Waals surface area contributed by atoms with E-state index in [9.17, 15) is 29.7 Å². The molecule has 0 aromatic heterocycles. The quantitative estimate of drug-likeness (QED) is 0.0340. The van der Waals surface area contributed by atoms with E-state index in [-0.39, 0.29) is 19.3 Å². The van der Waals surface area contributed by atoms with Gasteiger partial charge >= 0.3 is 72.4 Å². The van der Waals surface area contributed by atoms with Gasteiger partial charge in [-0.1, -0.05) is 211 Å². The van der Waals surface area contributed by atoms with Crippen LogP contribution in [0.25, 0.3) is 0 Å². The van der Waals surface area contributed by atoms with E-state index < -0.39 is 17.9 Å². The van der Waals surface area contributed by atoms with Gasteiger partial charge < -0.3 is 29.7 Å². The van der Waals surface area contributed by atoms with Crippen LogP contribution in [0.2, 0.25) is 4.44 Å². The zero-order valence-corrected chi connectivity index (χ0v) is 49.4. The van der Waals surface area contributed by atoms with Gasteiger partial charge in [0.15, 0.2) is 0 Å². The molecule has 69 heavy (non-hydrogen) atoms. The number of aliphatic carboxylic acids is 3. The second-order valence-electron chi connectivity index (χ2n) is 19.6. The Kier molecular flexibility index (Phi) is 78.2. The van der Waals surface area contributed by atoms with E-state index in [2.05, 4.69) is 64.2 Å². The minimum atomic E-state index is -0.914. The molecule has 0 N–H and O–H groups in total. The number of hydrogen-bond acceptors (Lipinski definition) is 6. The summed E-state index contributed by atoms with van der Waals surface area (Å²) in [6.45, 7) is 9.04. The van der Waals surface area contributed by atoms with Crippen molar-refractivity contribution in [2.75, 3.05) is 0 Å². The maximum absolute atomic E-state index is 10.2. The van der Waals surface area contributed by atoms with Crippen molar-refractivity contribution >= 4 is 40.4 Å². The Balaban J connectivity index is -0.000000421. The molecule has 0 aliphatic heterocycles. The van der Waals surface area contributed by atoms with Crippen molar-refractivity contribution < 1.29 is 29.7 Å². The second kappa shape index (κ2) is 73.0. The van der Waals surface area contributed by atoms with Crippen molar-refractivity contribution in [3.63, 3.8) is 0 Å². The Bertz CT molecular complexity index is 931. The van der Waals surface area contributed by atoms with Crippen molar-refractivity contribution in [3.8, 4) is 0 Å². The third kappa shape index (κ3) is 89.8. The number of carboxylic acid groups (broad SMARTS) is 3. The first-order valence-corrected chi connectivity index (χ1v) is 31.9. The van der Waals surface area contributed by atoms with E-state index in [0.29, 0.717) is 0 Å². The van der Waals surface area contributed by atoms with Crippen molar-refractivity contribution in [3.05, 3.63) is 36.5 Å². The molecule has 0 atom stereocenters. The van der Waals surface area contributed by atoms with Gasteiger partial charge in [0.1, 0.15) is 0 Å². The van der Waals surface area contributed by atoms with E-state index >= 15 is 0 Å². The molecule has 6 nitrogen and oxygen atoms in total. The molecule has 0 amide bonds. The first kappa shape index (κ1) is 74.0. The molecule has 0 spiro atoms. The van der Waals surface area contributed by atoms with Crippen LogP contribution >= 0.6 is 0 Å². The normalized spacial score (nSPS) is 11.1. The molecular formula is C62H116O6Sn. The van der Waals surface area contributed by atoms with Gasteiger partial charge in [0.2, 0.25) is 0 Å². The van der Waals surface area contributed by atoms with Gasteiger partial charge in [0.05, 0.1) is 0 Å². The fourth-order valence-electron chi connectivity index (χ4n) is 7.93. The minimum absolute atomic E-state index is 0.220. The summed E-state index contributed by atoms with van der Waals surface area (Å²) in [6.07, 6.45) is 71.4. The third-order valence-electron chi connectivity index (χ3n) is 12.5. The summed E-state index contributed by atoms with van der Waals surface area (Å²) in [5.74, 6) is -2.74. The number of rotatable bonds is 51. The summed E-state index contributed by atoms with van der Waals surface area (Å²) >= 11 is 1.71. The van der Waals surface area contributed by atoms with Gasteiger partial charge in [0, 0.05) is 17.9 Å². The van der Waals surface area contributed by atoms with Crippen LogP contribution in [0.3, 0.4) is 0 Å². The molecule has 7 heteroatoms. The summed E-state index contributed by atoms with van der Waals surface area (Å²) in [7, 11) is 0. The first-order chi connectivity index (χ1) is 33.7. The molecule has 0 unspecified atom stereocenters. The molecule has 0 saturated carbocycles. The molecule has 0 rings (SSSR count). The number of allylic oxidation sites excluding steroid dienone is 6. The average Bonchev–Trinajstić information content (AvgIpc) is 3.33. The van der Waals surface area contributed by atoms with Crippen LogP contribution < -0.4 is 15.3 Å². The molecular weight excluding hydrogens is 959 g/mol. The zero-order valence-electron chi connectivity index (χ0n) is 46.6. The average molecular weight is 1080 g/mol. The summed E-state index contributed by atoms with van der Waals surface area (Å²) in [4.78, 5) is 30.6.